The number of aromatic nitrogens is 2. The third kappa shape index (κ3) is 2.53. The predicted octanol–water partition coefficient (Wildman–Crippen LogP) is 2.73. The molecular weight excluding hydrogens is 272 g/mol. The summed E-state index contributed by atoms with van der Waals surface area (Å²) in [5.41, 5.74) is 1.74. The summed E-state index contributed by atoms with van der Waals surface area (Å²) >= 11 is 7.62. The summed E-state index contributed by atoms with van der Waals surface area (Å²) in [6.07, 6.45) is -0.123. The molecule has 0 spiro atoms. The Kier molecular flexibility index (Phi) is 3.94. The van der Waals surface area contributed by atoms with E-state index in [0.717, 1.165) is 21.9 Å². The molecule has 2 heterocycles. The summed E-state index contributed by atoms with van der Waals surface area (Å²) in [6, 6.07) is 1.84. The minimum Gasteiger partial charge on any atom is -0.496 e. The van der Waals surface area contributed by atoms with Crippen molar-refractivity contribution in [3.63, 3.8) is 0 Å². The molecule has 0 aliphatic rings. The van der Waals surface area contributed by atoms with E-state index in [0.29, 0.717) is 11.6 Å². The SMILES string of the molecule is COc1csc(C(O)Cc2c(C)nn(C)c2Cl)c1. The van der Waals surface area contributed by atoms with Gasteiger partial charge in [0.15, 0.2) is 0 Å². The summed E-state index contributed by atoms with van der Waals surface area (Å²) in [5, 5.41) is 16.9. The van der Waals surface area contributed by atoms with Gasteiger partial charge in [-0.2, -0.15) is 5.10 Å². The van der Waals surface area contributed by atoms with E-state index in [4.69, 9.17) is 16.3 Å². The van der Waals surface area contributed by atoms with Gasteiger partial charge in [0.2, 0.25) is 0 Å². The predicted molar refractivity (Wildman–Crippen MR) is 72.5 cm³/mol. The van der Waals surface area contributed by atoms with E-state index < -0.39 is 6.10 Å². The Labute approximate surface area is 115 Å². The normalized spacial score (nSPS) is 12.7. The van der Waals surface area contributed by atoms with E-state index in [1.807, 2.05) is 18.4 Å². The van der Waals surface area contributed by atoms with E-state index in [9.17, 15) is 5.11 Å². The Morgan fingerprint density at radius 2 is 2.33 bits per heavy atom. The number of nitrogens with zero attached hydrogens (tertiary/aromatic N) is 2. The van der Waals surface area contributed by atoms with Gasteiger partial charge < -0.3 is 9.84 Å². The van der Waals surface area contributed by atoms with Gasteiger partial charge in [0.25, 0.3) is 0 Å². The summed E-state index contributed by atoms with van der Waals surface area (Å²) in [6.45, 7) is 1.89. The molecule has 1 N–H and O–H groups in total. The van der Waals surface area contributed by atoms with Gasteiger partial charge in [0.05, 0.1) is 18.9 Å². The molecule has 2 rings (SSSR count). The Morgan fingerprint density at radius 3 is 2.83 bits per heavy atom. The number of methoxy groups -OCH3 is 1. The number of rotatable bonds is 4. The van der Waals surface area contributed by atoms with Crippen LogP contribution in [0.3, 0.4) is 0 Å². The Hall–Kier alpha value is -1.04. The van der Waals surface area contributed by atoms with Crippen molar-refractivity contribution in [2.45, 2.75) is 19.4 Å². The monoisotopic (exact) mass is 286 g/mol. The van der Waals surface area contributed by atoms with E-state index in [1.54, 1.807) is 18.8 Å². The zero-order valence-electron chi connectivity index (χ0n) is 10.5. The largest absolute Gasteiger partial charge is 0.496 e. The number of aryl methyl sites for hydroxylation is 2. The lowest BCUT2D eigenvalue weighted by Crippen LogP contribution is -2.01. The molecule has 2 aromatic heterocycles. The minimum absolute atomic E-state index is 0.460. The molecule has 0 aliphatic heterocycles. The molecule has 0 aliphatic carbocycles. The third-order valence-electron chi connectivity index (χ3n) is 2.83. The van der Waals surface area contributed by atoms with Crippen LogP contribution < -0.4 is 4.74 Å². The molecule has 1 unspecified atom stereocenters. The van der Waals surface area contributed by atoms with Crippen LogP contribution >= 0.6 is 22.9 Å². The number of aliphatic hydroxyl groups excluding tert-OH is 1. The first-order valence-corrected chi connectivity index (χ1v) is 6.77. The maximum absolute atomic E-state index is 10.2. The quantitative estimate of drug-likeness (QED) is 0.940. The van der Waals surface area contributed by atoms with Gasteiger partial charge in [0, 0.05) is 29.3 Å². The maximum atomic E-state index is 10.2. The van der Waals surface area contributed by atoms with Gasteiger partial charge in [-0.1, -0.05) is 11.6 Å². The standard InChI is InChI=1S/C12H15ClN2O2S/c1-7-9(12(13)15(2)14-7)5-10(16)11-4-8(17-3)6-18-11/h4,6,10,16H,5H2,1-3H3. The van der Waals surface area contributed by atoms with Gasteiger partial charge >= 0.3 is 0 Å². The number of halogens is 1. The van der Waals surface area contributed by atoms with Crippen molar-refractivity contribution in [1.82, 2.24) is 9.78 Å². The van der Waals surface area contributed by atoms with Gasteiger partial charge in [-0.25, -0.2) is 0 Å². The molecule has 6 heteroatoms. The van der Waals surface area contributed by atoms with Gasteiger partial charge in [-0.05, 0) is 13.0 Å². The Morgan fingerprint density at radius 1 is 1.61 bits per heavy atom. The van der Waals surface area contributed by atoms with Crippen LogP contribution in [0, 0.1) is 6.92 Å². The van der Waals surface area contributed by atoms with Gasteiger partial charge in [-0.3, -0.25) is 4.68 Å². The van der Waals surface area contributed by atoms with Crippen LogP contribution in [0.4, 0.5) is 0 Å². The third-order valence-corrected chi connectivity index (χ3v) is 4.31. The zero-order valence-corrected chi connectivity index (χ0v) is 12.0. The average Bonchev–Trinajstić information content (AvgIpc) is 2.90. The molecule has 0 amide bonds. The van der Waals surface area contributed by atoms with Crippen molar-refractivity contribution in [3.8, 4) is 5.75 Å². The topological polar surface area (TPSA) is 47.3 Å². The maximum Gasteiger partial charge on any atom is 0.130 e. The summed E-state index contributed by atoms with van der Waals surface area (Å²) in [4.78, 5) is 0.867. The molecule has 0 saturated carbocycles. The summed E-state index contributed by atoms with van der Waals surface area (Å²) in [5.74, 6) is 0.767. The highest BCUT2D eigenvalue weighted by molar-refractivity contribution is 7.10. The number of aliphatic hydroxyl groups is 1. The second-order valence-electron chi connectivity index (χ2n) is 4.09. The first-order valence-electron chi connectivity index (χ1n) is 5.51. The first kappa shape index (κ1) is 13.4. The van der Waals surface area contributed by atoms with Crippen LogP contribution in [0.15, 0.2) is 11.4 Å². The highest BCUT2D eigenvalue weighted by atomic mass is 35.5. The molecule has 0 saturated heterocycles. The molecule has 98 valence electrons. The summed E-state index contributed by atoms with van der Waals surface area (Å²) in [7, 11) is 3.40. The van der Waals surface area contributed by atoms with Crippen LogP contribution in [0.2, 0.25) is 5.15 Å². The second kappa shape index (κ2) is 5.30. The fraction of sp³-hybridized carbons (Fsp3) is 0.417. The van der Waals surface area contributed by atoms with Crippen molar-refractivity contribution < 1.29 is 9.84 Å². The van der Waals surface area contributed by atoms with Crippen molar-refractivity contribution in [3.05, 3.63) is 32.7 Å². The number of ether oxygens (including phenoxy) is 1. The molecule has 2 aromatic rings. The van der Waals surface area contributed by atoms with Crippen LogP contribution in [-0.4, -0.2) is 22.0 Å². The van der Waals surface area contributed by atoms with E-state index in [1.165, 1.54) is 11.3 Å². The van der Waals surface area contributed by atoms with E-state index >= 15 is 0 Å². The molecule has 18 heavy (non-hydrogen) atoms. The number of hydrogen-bond donors (Lipinski definition) is 1. The second-order valence-corrected chi connectivity index (χ2v) is 5.39. The lowest BCUT2D eigenvalue weighted by atomic mass is 10.1. The van der Waals surface area contributed by atoms with Crippen LogP contribution in [0.5, 0.6) is 5.75 Å². The first-order chi connectivity index (χ1) is 8.52. The summed E-state index contributed by atoms with van der Waals surface area (Å²) < 4.78 is 6.72. The van der Waals surface area contributed by atoms with Crippen molar-refractivity contribution in [1.29, 1.82) is 0 Å². The minimum atomic E-state index is -0.584. The molecule has 0 radical (unpaired) electrons. The molecule has 0 bridgehead atoms. The fourth-order valence-electron chi connectivity index (χ4n) is 1.82. The number of hydrogen-bond acceptors (Lipinski definition) is 4. The van der Waals surface area contributed by atoms with Gasteiger partial charge in [0.1, 0.15) is 10.9 Å². The van der Waals surface area contributed by atoms with Crippen LogP contribution in [-0.2, 0) is 13.5 Å². The van der Waals surface area contributed by atoms with Crippen LogP contribution in [0.1, 0.15) is 22.2 Å². The van der Waals surface area contributed by atoms with Crippen molar-refractivity contribution in [2.75, 3.05) is 7.11 Å². The fourth-order valence-corrected chi connectivity index (χ4v) is 2.91. The van der Waals surface area contributed by atoms with Crippen molar-refractivity contribution in [2.24, 2.45) is 7.05 Å². The van der Waals surface area contributed by atoms with E-state index in [2.05, 4.69) is 5.10 Å². The smallest absolute Gasteiger partial charge is 0.130 e. The van der Waals surface area contributed by atoms with E-state index in [-0.39, 0.29) is 0 Å². The highest BCUT2D eigenvalue weighted by Crippen LogP contribution is 2.31. The highest BCUT2D eigenvalue weighted by Gasteiger charge is 2.18. The molecule has 0 fully saturated rings. The molecule has 0 aromatic carbocycles. The Bertz CT molecular complexity index is 550. The molecule has 4 nitrogen and oxygen atoms in total. The van der Waals surface area contributed by atoms with Crippen LogP contribution in [0.25, 0.3) is 0 Å². The zero-order chi connectivity index (χ0) is 13.3. The Balaban J connectivity index is 2.18. The molecule has 1 atom stereocenters. The van der Waals surface area contributed by atoms with Gasteiger partial charge in [-0.15, -0.1) is 11.3 Å². The average molecular weight is 287 g/mol. The molecular formula is C12H15ClN2O2S. The lowest BCUT2D eigenvalue weighted by molar-refractivity contribution is 0.182. The lowest BCUT2D eigenvalue weighted by Gasteiger charge is -2.08. The van der Waals surface area contributed by atoms with Crippen molar-refractivity contribution >= 4 is 22.9 Å². The number of thiophene rings is 1.